The van der Waals surface area contributed by atoms with E-state index >= 15 is 0 Å². The Morgan fingerprint density at radius 2 is 2.45 bits per heavy atom. The van der Waals surface area contributed by atoms with Crippen LogP contribution in [0.15, 0.2) is 6.33 Å². The number of hydrogen-bond donors (Lipinski definition) is 2. The normalized spacial score (nSPS) is 21.3. The lowest BCUT2D eigenvalue weighted by Gasteiger charge is -2.35. The van der Waals surface area contributed by atoms with Gasteiger partial charge in [0.2, 0.25) is 0 Å². The zero-order valence-corrected chi connectivity index (χ0v) is 6.28. The van der Waals surface area contributed by atoms with Crippen molar-refractivity contribution in [2.45, 2.75) is 5.60 Å². The van der Waals surface area contributed by atoms with Crippen molar-refractivity contribution in [2.75, 3.05) is 13.1 Å². The lowest BCUT2D eigenvalue weighted by atomic mass is 9.96. The van der Waals surface area contributed by atoms with Gasteiger partial charge in [-0.25, -0.2) is 0 Å². The molecule has 1 aliphatic rings. The second-order valence-corrected chi connectivity index (χ2v) is 2.90. The molecule has 0 unspecified atom stereocenters. The first kappa shape index (κ1) is 6.75. The summed E-state index contributed by atoms with van der Waals surface area (Å²) in [7, 11) is 1.83. The van der Waals surface area contributed by atoms with Crippen molar-refractivity contribution < 1.29 is 5.11 Å². The molecule has 60 valence electrons. The van der Waals surface area contributed by atoms with Crippen molar-refractivity contribution in [1.82, 2.24) is 20.1 Å². The van der Waals surface area contributed by atoms with Gasteiger partial charge in [0.1, 0.15) is 11.9 Å². The number of hydrogen-bond acceptors (Lipinski definition) is 4. The Balaban J connectivity index is 2.35. The van der Waals surface area contributed by atoms with Crippen LogP contribution in [0.5, 0.6) is 0 Å². The molecule has 2 N–H and O–H groups in total. The first-order valence-electron chi connectivity index (χ1n) is 3.50. The van der Waals surface area contributed by atoms with Gasteiger partial charge >= 0.3 is 0 Å². The maximum atomic E-state index is 9.77. The molecule has 11 heavy (non-hydrogen) atoms. The number of β-amino-alcohol motifs (C(OH)–C–C–N with tert-alkyl or cyclic N) is 1. The minimum Gasteiger partial charge on any atom is -0.379 e. The van der Waals surface area contributed by atoms with Crippen LogP contribution in [0.4, 0.5) is 0 Å². The molecule has 1 aromatic heterocycles. The highest BCUT2D eigenvalue weighted by molar-refractivity contribution is 5.08. The molecule has 0 aromatic carbocycles. The summed E-state index contributed by atoms with van der Waals surface area (Å²) < 4.78 is 1.74. The average molecular weight is 154 g/mol. The predicted octanol–water partition coefficient (Wildman–Crippen LogP) is -1.39. The maximum Gasteiger partial charge on any atom is 0.167 e. The second-order valence-electron chi connectivity index (χ2n) is 2.90. The standard InChI is InChI=1S/C6H10N4O/c1-10-4-8-9-5(10)6(11)2-7-3-6/h4,7,11H,2-3H2,1H3. The van der Waals surface area contributed by atoms with Crippen LogP contribution < -0.4 is 5.32 Å². The van der Waals surface area contributed by atoms with Crippen LogP contribution in [0.3, 0.4) is 0 Å². The van der Waals surface area contributed by atoms with Crippen molar-refractivity contribution in [1.29, 1.82) is 0 Å². The number of nitrogens with zero attached hydrogens (tertiary/aromatic N) is 3. The Bertz CT molecular complexity index is 265. The Labute approximate surface area is 64.1 Å². The Morgan fingerprint density at radius 1 is 1.73 bits per heavy atom. The lowest BCUT2D eigenvalue weighted by Crippen LogP contribution is -2.57. The number of aliphatic hydroxyl groups is 1. The molecular formula is C6H10N4O. The van der Waals surface area contributed by atoms with E-state index in [4.69, 9.17) is 0 Å². The van der Waals surface area contributed by atoms with E-state index in [0.717, 1.165) is 0 Å². The molecule has 5 nitrogen and oxygen atoms in total. The zero-order chi connectivity index (χ0) is 7.90. The van der Waals surface area contributed by atoms with Gasteiger partial charge in [0.25, 0.3) is 0 Å². The number of aryl methyl sites for hydroxylation is 1. The summed E-state index contributed by atoms with van der Waals surface area (Å²) in [5, 5.41) is 20.3. The Hall–Kier alpha value is -0.940. The summed E-state index contributed by atoms with van der Waals surface area (Å²) in [5.41, 5.74) is -0.786. The van der Waals surface area contributed by atoms with Crippen molar-refractivity contribution in [3.8, 4) is 0 Å². The van der Waals surface area contributed by atoms with Crippen LogP contribution in [0.2, 0.25) is 0 Å². The third-order valence-corrected chi connectivity index (χ3v) is 1.96. The largest absolute Gasteiger partial charge is 0.379 e. The van der Waals surface area contributed by atoms with Crippen LogP contribution >= 0.6 is 0 Å². The molecule has 0 aliphatic carbocycles. The second kappa shape index (κ2) is 2.02. The number of aromatic nitrogens is 3. The highest BCUT2D eigenvalue weighted by atomic mass is 16.3. The fraction of sp³-hybridized carbons (Fsp3) is 0.667. The first-order chi connectivity index (χ1) is 5.22. The van der Waals surface area contributed by atoms with Crippen molar-refractivity contribution in [3.05, 3.63) is 12.2 Å². The van der Waals surface area contributed by atoms with Crippen LogP contribution in [0.1, 0.15) is 5.82 Å². The van der Waals surface area contributed by atoms with Crippen LogP contribution in [-0.4, -0.2) is 33.0 Å². The third kappa shape index (κ3) is 0.849. The molecule has 0 atom stereocenters. The third-order valence-electron chi connectivity index (χ3n) is 1.96. The van der Waals surface area contributed by atoms with E-state index in [0.29, 0.717) is 18.9 Å². The van der Waals surface area contributed by atoms with Crippen LogP contribution in [-0.2, 0) is 12.6 Å². The first-order valence-corrected chi connectivity index (χ1v) is 3.50. The lowest BCUT2D eigenvalue weighted by molar-refractivity contribution is -0.0253. The smallest absolute Gasteiger partial charge is 0.167 e. The van der Waals surface area contributed by atoms with Gasteiger partial charge in [-0.05, 0) is 0 Å². The summed E-state index contributed by atoms with van der Waals surface area (Å²) >= 11 is 0. The minimum atomic E-state index is -0.786. The molecule has 1 aliphatic heterocycles. The van der Waals surface area contributed by atoms with Gasteiger partial charge in [-0.3, -0.25) is 0 Å². The number of nitrogens with one attached hydrogen (secondary N) is 1. The zero-order valence-electron chi connectivity index (χ0n) is 6.28. The van der Waals surface area contributed by atoms with Gasteiger partial charge in [0.15, 0.2) is 5.82 Å². The summed E-state index contributed by atoms with van der Waals surface area (Å²) in [4.78, 5) is 0. The SMILES string of the molecule is Cn1cnnc1C1(O)CNC1. The predicted molar refractivity (Wildman–Crippen MR) is 37.8 cm³/mol. The fourth-order valence-corrected chi connectivity index (χ4v) is 1.22. The van der Waals surface area contributed by atoms with E-state index in [9.17, 15) is 5.11 Å². The summed E-state index contributed by atoms with van der Waals surface area (Å²) in [6.45, 7) is 1.14. The fourth-order valence-electron chi connectivity index (χ4n) is 1.22. The van der Waals surface area contributed by atoms with Gasteiger partial charge in [-0.1, -0.05) is 0 Å². The molecule has 1 saturated heterocycles. The number of rotatable bonds is 1. The molecule has 0 radical (unpaired) electrons. The van der Waals surface area contributed by atoms with E-state index < -0.39 is 5.60 Å². The van der Waals surface area contributed by atoms with E-state index in [2.05, 4.69) is 15.5 Å². The summed E-state index contributed by atoms with van der Waals surface area (Å²) in [5.74, 6) is 0.635. The van der Waals surface area contributed by atoms with Crippen molar-refractivity contribution in [3.63, 3.8) is 0 Å². The molecular weight excluding hydrogens is 144 g/mol. The van der Waals surface area contributed by atoms with Gasteiger partial charge in [-0.15, -0.1) is 10.2 Å². The van der Waals surface area contributed by atoms with E-state index in [1.54, 1.807) is 10.9 Å². The minimum absolute atomic E-state index is 0.569. The Morgan fingerprint density at radius 3 is 2.82 bits per heavy atom. The molecule has 2 rings (SSSR count). The molecule has 0 bridgehead atoms. The van der Waals surface area contributed by atoms with Crippen LogP contribution in [0.25, 0.3) is 0 Å². The van der Waals surface area contributed by atoms with Gasteiger partial charge in [0, 0.05) is 20.1 Å². The van der Waals surface area contributed by atoms with Gasteiger partial charge in [0.05, 0.1) is 0 Å². The topological polar surface area (TPSA) is 63.0 Å². The van der Waals surface area contributed by atoms with Crippen LogP contribution in [0, 0.1) is 0 Å². The van der Waals surface area contributed by atoms with Gasteiger partial charge < -0.3 is 15.0 Å². The Kier molecular flexibility index (Phi) is 1.24. The maximum absolute atomic E-state index is 9.77. The molecule has 5 heteroatoms. The van der Waals surface area contributed by atoms with Gasteiger partial charge in [-0.2, -0.15) is 0 Å². The summed E-state index contributed by atoms with van der Waals surface area (Å²) in [6, 6.07) is 0. The molecule has 0 saturated carbocycles. The van der Waals surface area contributed by atoms with Crippen molar-refractivity contribution in [2.24, 2.45) is 7.05 Å². The molecule has 0 spiro atoms. The van der Waals surface area contributed by atoms with E-state index in [1.807, 2.05) is 7.05 Å². The highest BCUT2D eigenvalue weighted by Gasteiger charge is 2.40. The molecule has 0 amide bonds. The van der Waals surface area contributed by atoms with Crippen molar-refractivity contribution >= 4 is 0 Å². The molecule has 2 heterocycles. The molecule has 1 aromatic rings. The molecule has 1 fully saturated rings. The van der Waals surface area contributed by atoms with E-state index in [-0.39, 0.29) is 0 Å². The summed E-state index contributed by atoms with van der Waals surface area (Å²) in [6.07, 6.45) is 1.59. The monoisotopic (exact) mass is 154 g/mol. The van der Waals surface area contributed by atoms with E-state index in [1.165, 1.54) is 0 Å². The highest BCUT2D eigenvalue weighted by Crippen LogP contribution is 2.21. The average Bonchev–Trinajstić information content (AvgIpc) is 2.30. The quantitative estimate of drug-likeness (QED) is 0.522.